The number of nitrogens with zero attached hydrogens (tertiary/aromatic N) is 2. The van der Waals surface area contributed by atoms with Gasteiger partial charge in [-0.3, -0.25) is 4.79 Å². The summed E-state index contributed by atoms with van der Waals surface area (Å²) in [6.07, 6.45) is 1.07. The molecule has 1 aliphatic rings. The highest BCUT2D eigenvalue weighted by molar-refractivity contribution is 7.99. The molecule has 1 aliphatic heterocycles. The van der Waals surface area contributed by atoms with E-state index in [2.05, 4.69) is 4.98 Å². The van der Waals surface area contributed by atoms with Crippen molar-refractivity contribution in [1.82, 2.24) is 9.88 Å². The first kappa shape index (κ1) is 14.7. The lowest BCUT2D eigenvalue weighted by Gasteiger charge is -2.24. The molecule has 0 N–H and O–H groups in total. The molecule has 0 spiro atoms. The Morgan fingerprint density at radius 1 is 1.53 bits per heavy atom. The molecule has 3 nitrogen and oxygen atoms in total. The van der Waals surface area contributed by atoms with Gasteiger partial charge in [-0.1, -0.05) is 25.4 Å². The second kappa shape index (κ2) is 6.14. The summed E-state index contributed by atoms with van der Waals surface area (Å²) in [5.74, 6) is 2.46. The largest absolute Gasteiger partial charge is 0.338 e. The zero-order valence-electron chi connectivity index (χ0n) is 11.5. The fourth-order valence-corrected chi connectivity index (χ4v) is 3.62. The molecule has 2 rings (SSSR count). The van der Waals surface area contributed by atoms with Gasteiger partial charge in [0.2, 0.25) is 0 Å². The first-order chi connectivity index (χ1) is 8.99. The summed E-state index contributed by atoms with van der Waals surface area (Å²) < 4.78 is 0. The van der Waals surface area contributed by atoms with Crippen LogP contribution in [0.25, 0.3) is 0 Å². The van der Waals surface area contributed by atoms with Gasteiger partial charge >= 0.3 is 0 Å². The summed E-state index contributed by atoms with van der Waals surface area (Å²) in [6, 6.07) is 3.86. The van der Waals surface area contributed by atoms with Gasteiger partial charge in [-0.25, -0.2) is 4.98 Å². The molecule has 2 heterocycles. The van der Waals surface area contributed by atoms with Crippen LogP contribution in [-0.2, 0) is 0 Å². The first-order valence-electron chi connectivity index (χ1n) is 6.51. The minimum atomic E-state index is 0.0405. The van der Waals surface area contributed by atoms with E-state index in [1.165, 1.54) is 0 Å². The van der Waals surface area contributed by atoms with E-state index in [1.54, 1.807) is 6.07 Å². The molecule has 0 aliphatic carbocycles. The Kier molecular flexibility index (Phi) is 4.74. The lowest BCUT2D eigenvalue weighted by molar-refractivity contribution is 0.0747. The van der Waals surface area contributed by atoms with Gasteiger partial charge in [0, 0.05) is 30.1 Å². The third-order valence-electron chi connectivity index (χ3n) is 3.43. The van der Waals surface area contributed by atoms with E-state index < -0.39 is 0 Å². The number of hydrogen-bond acceptors (Lipinski definition) is 3. The van der Waals surface area contributed by atoms with Crippen LogP contribution in [0.1, 0.15) is 42.2 Å². The van der Waals surface area contributed by atoms with Crippen molar-refractivity contribution in [3.8, 4) is 0 Å². The average Bonchev–Trinajstić information content (AvgIpc) is 2.90. The number of rotatable bonds is 3. The van der Waals surface area contributed by atoms with Gasteiger partial charge in [0.15, 0.2) is 0 Å². The van der Waals surface area contributed by atoms with Gasteiger partial charge in [-0.2, -0.15) is 11.8 Å². The third-order valence-corrected chi connectivity index (χ3v) is 4.76. The Bertz CT molecular complexity index is 473. The highest BCUT2D eigenvalue weighted by Crippen LogP contribution is 2.24. The van der Waals surface area contributed by atoms with E-state index in [1.807, 2.05) is 43.6 Å². The molecular formula is C14H19ClN2OS. The van der Waals surface area contributed by atoms with E-state index in [-0.39, 0.29) is 11.8 Å². The number of pyridine rings is 1. The quantitative estimate of drug-likeness (QED) is 0.802. The maximum atomic E-state index is 12.5. The maximum Gasteiger partial charge on any atom is 0.254 e. The average molecular weight is 299 g/mol. The molecular weight excluding hydrogens is 280 g/mol. The van der Waals surface area contributed by atoms with Crippen molar-refractivity contribution in [2.75, 3.05) is 18.6 Å². The zero-order chi connectivity index (χ0) is 14.0. The van der Waals surface area contributed by atoms with Crippen LogP contribution < -0.4 is 0 Å². The van der Waals surface area contributed by atoms with Crippen LogP contribution in [0, 0.1) is 0 Å². The van der Waals surface area contributed by atoms with Crippen LogP contribution in [0.2, 0.25) is 5.15 Å². The Morgan fingerprint density at radius 2 is 2.26 bits per heavy atom. The van der Waals surface area contributed by atoms with Gasteiger partial charge in [0.05, 0.1) is 0 Å². The minimum absolute atomic E-state index is 0.0405. The highest BCUT2D eigenvalue weighted by Gasteiger charge is 2.25. The molecule has 1 aromatic heterocycles. The summed E-state index contributed by atoms with van der Waals surface area (Å²) in [5, 5.41) is 0.392. The molecule has 1 amide bonds. The lowest BCUT2D eigenvalue weighted by atomic mass is 10.1. The van der Waals surface area contributed by atoms with E-state index in [4.69, 9.17) is 11.6 Å². The highest BCUT2D eigenvalue weighted by atomic mass is 35.5. The van der Waals surface area contributed by atoms with Crippen LogP contribution in [0.3, 0.4) is 0 Å². The predicted molar refractivity (Wildman–Crippen MR) is 81.2 cm³/mol. The molecule has 104 valence electrons. The van der Waals surface area contributed by atoms with Crippen LogP contribution in [-0.4, -0.2) is 40.4 Å². The standard InChI is InChI=1S/C14H19ClN2OS/c1-9(2)12-6-10(7-13(15)16-12)14(18)17(3)11-4-5-19-8-11/h6-7,9,11H,4-5,8H2,1-3H3. The van der Waals surface area contributed by atoms with Crippen molar-refractivity contribution in [3.63, 3.8) is 0 Å². The van der Waals surface area contributed by atoms with E-state index >= 15 is 0 Å². The van der Waals surface area contributed by atoms with Gasteiger partial charge in [0.1, 0.15) is 5.15 Å². The molecule has 1 atom stereocenters. The summed E-state index contributed by atoms with van der Waals surface area (Å²) in [4.78, 5) is 18.6. The Hall–Kier alpha value is -0.740. The molecule has 0 bridgehead atoms. The second-order valence-electron chi connectivity index (χ2n) is 5.19. The summed E-state index contributed by atoms with van der Waals surface area (Å²) >= 11 is 7.92. The normalized spacial score (nSPS) is 18.9. The molecule has 0 saturated carbocycles. The van der Waals surface area contributed by atoms with Gasteiger partial charge in [-0.15, -0.1) is 0 Å². The van der Waals surface area contributed by atoms with Crippen LogP contribution in [0.4, 0.5) is 0 Å². The van der Waals surface area contributed by atoms with Gasteiger partial charge in [0.25, 0.3) is 5.91 Å². The third kappa shape index (κ3) is 3.42. The zero-order valence-corrected chi connectivity index (χ0v) is 13.1. The Morgan fingerprint density at radius 3 is 2.84 bits per heavy atom. The monoisotopic (exact) mass is 298 g/mol. The van der Waals surface area contributed by atoms with Crippen molar-refractivity contribution in [2.24, 2.45) is 0 Å². The Labute approximate surface area is 123 Å². The molecule has 0 radical (unpaired) electrons. The molecule has 19 heavy (non-hydrogen) atoms. The Balaban J connectivity index is 2.22. The van der Waals surface area contributed by atoms with E-state index in [0.29, 0.717) is 16.8 Å². The topological polar surface area (TPSA) is 33.2 Å². The number of carbonyl (C=O) groups excluding carboxylic acids is 1. The van der Waals surface area contributed by atoms with Crippen molar-refractivity contribution in [2.45, 2.75) is 32.2 Å². The number of aromatic nitrogens is 1. The molecule has 1 saturated heterocycles. The van der Waals surface area contributed by atoms with Crippen LogP contribution in [0.5, 0.6) is 0 Å². The lowest BCUT2D eigenvalue weighted by Crippen LogP contribution is -2.37. The second-order valence-corrected chi connectivity index (χ2v) is 6.73. The molecule has 0 aromatic carbocycles. The molecule has 1 unspecified atom stereocenters. The van der Waals surface area contributed by atoms with E-state index in [9.17, 15) is 4.79 Å². The smallest absolute Gasteiger partial charge is 0.254 e. The number of carbonyl (C=O) groups is 1. The SMILES string of the molecule is CC(C)c1cc(C(=O)N(C)C2CCSC2)cc(Cl)n1. The fraction of sp³-hybridized carbons (Fsp3) is 0.571. The number of amides is 1. The summed E-state index contributed by atoms with van der Waals surface area (Å²) in [5.41, 5.74) is 1.51. The fourth-order valence-electron chi connectivity index (χ4n) is 2.13. The number of halogens is 1. The van der Waals surface area contributed by atoms with Crippen molar-refractivity contribution >= 4 is 29.3 Å². The van der Waals surface area contributed by atoms with Crippen molar-refractivity contribution in [1.29, 1.82) is 0 Å². The van der Waals surface area contributed by atoms with Crippen LogP contribution in [0.15, 0.2) is 12.1 Å². The molecule has 1 aromatic rings. The molecule has 1 fully saturated rings. The number of hydrogen-bond donors (Lipinski definition) is 0. The van der Waals surface area contributed by atoms with Crippen LogP contribution >= 0.6 is 23.4 Å². The van der Waals surface area contributed by atoms with Crippen molar-refractivity contribution < 1.29 is 4.79 Å². The first-order valence-corrected chi connectivity index (χ1v) is 8.04. The van der Waals surface area contributed by atoms with Gasteiger partial charge < -0.3 is 4.90 Å². The number of thioether (sulfide) groups is 1. The summed E-state index contributed by atoms with van der Waals surface area (Å²) in [6.45, 7) is 4.09. The predicted octanol–water partition coefficient (Wildman–Crippen LogP) is 3.44. The van der Waals surface area contributed by atoms with E-state index in [0.717, 1.165) is 23.6 Å². The van der Waals surface area contributed by atoms with Crippen molar-refractivity contribution in [3.05, 3.63) is 28.5 Å². The summed E-state index contributed by atoms with van der Waals surface area (Å²) in [7, 11) is 1.88. The van der Waals surface area contributed by atoms with Gasteiger partial charge in [-0.05, 0) is 30.2 Å². The maximum absolute atomic E-state index is 12.5. The minimum Gasteiger partial charge on any atom is -0.338 e. The molecule has 5 heteroatoms.